The molecule has 0 bridgehead atoms. The maximum atomic E-state index is 14.3. The molecule has 65 heavy (non-hydrogen) atoms. The molecule has 0 spiro atoms. The van der Waals surface area contributed by atoms with Crippen LogP contribution in [0.3, 0.4) is 0 Å². The van der Waals surface area contributed by atoms with Crippen LogP contribution in [0.4, 0.5) is 0 Å². The van der Waals surface area contributed by atoms with Crippen LogP contribution in [0, 0.1) is 17.8 Å². The van der Waals surface area contributed by atoms with Crippen molar-refractivity contribution in [2.75, 3.05) is 34.9 Å². The number of carbonyl (C=O) groups excluding carboxylic acids is 3. The van der Waals surface area contributed by atoms with Crippen molar-refractivity contribution in [2.45, 2.75) is 141 Å². The van der Waals surface area contributed by atoms with Crippen LogP contribution in [0.25, 0.3) is 0 Å². The highest BCUT2D eigenvalue weighted by Gasteiger charge is 2.53. The Morgan fingerprint density at radius 2 is 1.42 bits per heavy atom. The second-order valence-electron chi connectivity index (χ2n) is 18.4. The molecule has 0 aliphatic carbocycles. The summed E-state index contributed by atoms with van der Waals surface area (Å²) in [5, 5.41) is 10.4. The van der Waals surface area contributed by atoms with Crippen LogP contribution in [0.15, 0.2) is 91.0 Å². The highest BCUT2D eigenvalue weighted by Crippen LogP contribution is 2.41. The van der Waals surface area contributed by atoms with Gasteiger partial charge >= 0.3 is 17.9 Å². The van der Waals surface area contributed by atoms with Gasteiger partial charge in [0, 0.05) is 33.2 Å². The van der Waals surface area contributed by atoms with Crippen molar-refractivity contribution in [2.24, 2.45) is 17.8 Å². The lowest BCUT2D eigenvalue weighted by Gasteiger charge is -2.50. The molecule has 14 heteroatoms. The van der Waals surface area contributed by atoms with Crippen LogP contribution in [0.2, 0.25) is 0 Å². The molecule has 3 aromatic carbocycles. The summed E-state index contributed by atoms with van der Waals surface area (Å²) in [4.78, 5) is 43.3. The van der Waals surface area contributed by atoms with Crippen molar-refractivity contribution in [1.29, 1.82) is 0 Å². The maximum absolute atomic E-state index is 14.3. The van der Waals surface area contributed by atoms with Gasteiger partial charge in [-0.05, 0) is 97.3 Å². The number of benzene rings is 3. The second-order valence-corrected chi connectivity index (χ2v) is 18.4. The van der Waals surface area contributed by atoms with Gasteiger partial charge in [0.2, 0.25) is 0 Å². The van der Waals surface area contributed by atoms with E-state index in [1.807, 2.05) is 96.1 Å². The smallest absolute Gasteiger partial charge is 0.338 e. The summed E-state index contributed by atoms with van der Waals surface area (Å²) in [6.07, 6.45) is -5.68. The molecule has 3 aromatic rings. The Labute approximate surface area is 385 Å². The van der Waals surface area contributed by atoms with Crippen LogP contribution < -0.4 is 0 Å². The predicted octanol–water partition coefficient (Wildman–Crippen LogP) is 7.25. The number of nitrogens with zero attached hydrogens (tertiary/aromatic N) is 1. The van der Waals surface area contributed by atoms with Crippen molar-refractivity contribution in [1.82, 2.24) is 4.90 Å². The summed E-state index contributed by atoms with van der Waals surface area (Å²) in [6.45, 7) is 12.9. The van der Waals surface area contributed by atoms with Crippen LogP contribution in [0.1, 0.15) is 94.0 Å². The Kier molecular flexibility index (Phi) is 18.7. The number of ether oxygens (including phenoxy) is 9. The summed E-state index contributed by atoms with van der Waals surface area (Å²) < 4.78 is 58.1. The summed E-state index contributed by atoms with van der Waals surface area (Å²) in [5.41, 5.74) is -0.628. The fourth-order valence-electron chi connectivity index (χ4n) is 9.17. The molecule has 2 aliphatic rings. The van der Waals surface area contributed by atoms with Crippen molar-refractivity contribution in [3.8, 4) is 0 Å². The van der Waals surface area contributed by atoms with Gasteiger partial charge in [-0.2, -0.15) is 0 Å². The number of likely N-dealkylation sites (N-methyl/N-ethyl adjacent to an activating group) is 1. The van der Waals surface area contributed by atoms with E-state index in [9.17, 15) is 19.5 Å². The zero-order valence-electron chi connectivity index (χ0n) is 39.9. The van der Waals surface area contributed by atoms with Crippen LogP contribution >= 0.6 is 0 Å². The SMILES string of the molecule is CO[C@](C)(C[C@@H](C)CO)[C@H](O[C@@H]1O[C@H](C)C[C@H](N(C)C)[C@H]1OC(=O)c1ccccc1)[C@@H](C)[C@H](O[C@H]1C[C@@](C)(OC)[C@@H](OC(=O)c2ccccc2)[C@H](C)O1)[C@@H](C)C(=O)OCc1ccccc1. The lowest BCUT2D eigenvalue weighted by molar-refractivity contribution is -0.318. The second kappa shape index (κ2) is 23.5. The maximum Gasteiger partial charge on any atom is 0.338 e. The molecular weight excluding hydrogens is 835 g/mol. The number of hydrogen-bond donors (Lipinski definition) is 1. The first-order valence-electron chi connectivity index (χ1n) is 22.7. The summed E-state index contributed by atoms with van der Waals surface area (Å²) in [5.74, 6) is -3.42. The van der Waals surface area contributed by atoms with E-state index in [0.717, 1.165) is 5.56 Å². The van der Waals surface area contributed by atoms with Crippen LogP contribution in [-0.2, 0) is 54.0 Å². The van der Waals surface area contributed by atoms with Gasteiger partial charge in [-0.3, -0.25) is 4.79 Å². The third kappa shape index (κ3) is 13.2. The molecule has 14 nitrogen and oxygen atoms in total. The first kappa shape index (κ1) is 51.7. The quantitative estimate of drug-likeness (QED) is 0.0842. The zero-order valence-corrected chi connectivity index (χ0v) is 39.9. The topological polar surface area (TPSA) is 158 Å². The number of hydrogen-bond acceptors (Lipinski definition) is 14. The molecule has 2 heterocycles. The molecule has 358 valence electrons. The third-order valence-corrected chi connectivity index (χ3v) is 13.0. The minimum atomic E-state index is -1.14. The number of aliphatic hydroxyl groups excluding tert-OH is 1. The number of methoxy groups -OCH3 is 2. The Morgan fingerprint density at radius 1 is 0.846 bits per heavy atom. The molecule has 0 saturated carbocycles. The summed E-state index contributed by atoms with van der Waals surface area (Å²) in [7, 11) is 6.97. The van der Waals surface area contributed by atoms with E-state index >= 15 is 0 Å². The Hall–Kier alpha value is -4.25. The average molecular weight is 906 g/mol. The molecule has 0 amide bonds. The zero-order chi connectivity index (χ0) is 47.5. The van der Waals surface area contributed by atoms with Crippen molar-refractivity contribution < 1.29 is 62.1 Å². The highest BCUT2D eigenvalue weighted by molar-refractivity contribution is 5.90. The van der Waals surface area contributed by atoms with Gasteiger partial charge in [-0.1, -0.05) is 80.6 Å². The van der Waals surface area contributed by atoms with Gasteiger partial charge in [0.15, 0.2) is 24.8 Å². The van der Waals surface area contributed by atoms with Gasteiger partial charge in [-0.15, -0.1) is 0 Å². The normalized spacial score (nSPS) is 27.9. The van der Waals surface area contributed by atoms with E-state index in [0.29, 0.717) is 24.0 Å². The average Bonchev–Trinajstić information content (AvgIpc) is 3.31. The molecule has 2 fully saturated rings. The summed E-state index contributed by atoms with van der Waals surface area (Å²) >= 11 is 0. The van der Waals surface area contributed by atoms with Gasteiger partial charge in [-0.25, -0.2) is 9.59 Å². The van der Waals surface area contributed by atoms with Gasteiger partial charge in [0.05, 0.1) is 53.1 Å². The molecule has 5 rings (SSSR count). The van der Waals surface area contributed by atoms with E-state index < -0.39 is 84.0 Å². The lowest BCUT2D eigenvalue weighted by Crippen LogP contribution is -2.61. The van der Waals surface area contributed by atoms with Crippen LogP contribution in [0.5, 0.6) is 0 Å². The molecule has 2 aliphatic heterocycles. The standard InChI is InChI=1S/C51H71NO13/c1-32(30-53)28-50(6,57-10)44(65-49-43(40(52(8)9)27-33(2)60-49)63-47(55)38-23-17-13-18-24-38)34(3)42(35(4)46(54)59-31-37-21-15-12-16-22-37)62-41-29-51(7,58-11)45(36(5)61-41)64-48(56)39-25-19-14-20-26-39/h12-26,32-36,40-45,49,53H,27-31H2,1-11H3/t32-,33-,34+,35-,36+,40+,41+,42+,43-,44-,45+,49+,50-,51-/m1/s1. The van der Waals surface area contributed by atoms with Gasteiger partial charge in [0.1, 0.15) is 12.2 Å². The number of rotatable bonds is 21. The fourth-order valence-corrected chi connectivity index (χ4v) is 9.17. The van der Waals surface area contributed by atoms with E-state index in [-0.39, 0.29) is 37.7 Å². The molecule has 2 saturated heterocycles. The molecule has 0 unspecified atom stereocenters. The first-order valence-corrected chi connectivity index (χ1v) is 22.7. The van der Waals surface area contributed by atoms with Crippen molar-refractivity contribution in [3.63, 3.8) is 0 Å². The largest absolute Gasteiger partial charge is 0.461 e. The molecule has 0 aromatic heterocycles. The molecule has 0 radical (unpaired) electrons. The van der Waals surface area contributed by atoms with E-state index in [4.69, 9.17) is 42.6 Å². The van der Waals surface area contributed by atoms with Gasteiger partial charge in [0.25, 0.3) is 0 Å². The molecular formula is C51H71NO13. The monoisotopic (exact) mass is 905 g/mol. The predicted molar refractivity (Wildman–Crippen MR) is 243 cm³/mol. The highest BCUT2D eigenvalue weighted by atomic mass is 16.7. The lowest BCUT2D eigenvalue weighted by atomic mass is 9.77. The van der Waals surface area contributed by atoms with E-state index in [1.54, 1.807) is 76.6 Å². The third-order valence-electron chi connectivity index (χ3n) is 13.0. The molecule has 1 N–H and O–H groups in total. The number of esters is 3. The van der Waals surface area contributed by atoms with Crippen molar-refractivity contribution in [3.05, 3.63) is 108 Å². The van der Waals surface area contributed by atoms with E-state index in [2.05, 4.69) is 0 Å². The number of carbonyl (C=O) groups is 3. The molecule has 14 atom stereocenters. The first-order chi connectivity index (χ1) is 30.9. The Morgan fingerprint density at radius 3 is 1.95 bits per heavy atom. The number of aliphatic hydroxyl groups is 1. The summed E-state index contributed by atoms with van der Waals surface area (Å²) in [6, 6.07) is 26.5. The van der Waals surface area contributed by atoms with E-state index in [1.165, 1.54) is 0 Å². The Balaban J connectivity index is 1.54. The fraction of sp³-hybridized carbons (Fsp3) is 0.588. The minimum absolute atomic E-state index is 0.0379. The van der Waals surface area contributed by atoms with Gasteiger partial charge < -0.3 is 52.6 Å². The van der Waals surface area contributed by atoms with Crippen molar-refractivity contribution >= 4 is 17.9 Å². The Bertz CT molecular complexity index is 1940. The minimum Gasteiger partial charge on any atom is -0.461 e. The van der Waals surface area contributed by atoms with Crippen LogP contribution in [-0.4, -0.2) is 129 Å².